The highest BCUT2D eigenvalue weighted by Gasteiger charge is 2.22. The van der Waals surface area contributed by atoms with Gasteiger partial charge in [-0.15, -0.1) is 0 Å². The van der Waals surface area contributed by atoms with E-state index in [2.05, 4.69) is 20.6 Å². The van der Waals surface area contributed by atoms with Crippen LogP contribution in [0, 0.1) is 0 Å². The number of pyridine rings is 1. The lowest BCUT2D eigenvalue weighted by molar-refractivity contribution is 0.0967. The minimum atomic E-state index is -2.16. The summed E-state index contributed by atoms with van der Waals surface area (Å²) in [5.74, 6) is -0.638. The van der Waals surface area contributed by atoms with Gasteiger partial charge in [0.25, 0.3) is 5.91 Å². The number of amides is 3. The molecule has 0 aliphatic carbocycles. The normalized spacial score (nSPS) is 12.8. The number of nitrogens with one attached hydrogen (secondary N) is 2. The molecule has 162 valence electrons. The molecular weight excluding hydrogens is 472 g/mol. The van der Waals surface area contributed by atoms with E-state index >= 15 is 0 Å². The molecule has 2 atom stereocenters. The molecule has 4 aromatic rings. The van der Waals surface area contributed by atoms with Gasteiger partial charge in [-0.3, -0.25) is 20.4 Å². The number of carbonyl (C=O) groups excluding carboxylic acids is 2. The second kappa shape index (κ2) is 9.53. The average molecular weight is 487 g/mol. The average Bonchev–Trinajstić information content (AvgIpc) is 3.16. The molecule has 0 aliphatic heterocycles. The van der Waals surface area contributed by atoms with Crippen molar-refractivity contribution in [3.8, 4) is 0 Å². The number of rotatable bonds is 5. The first kappa shape index (κ1) is 22.0. The molecule has 2 unspecified atom stereocenters. The minimum Gasteiger partial charge on any atom is -0.305 e. The van der Waals surface area contributed by atoms with E-state index in [0.29, 0.717) is 21.3 Å². The largest absolute Gasteiger partial charge is 0.327 e. The van der Waals surface area contributed by atoms with Crippen LogP contribution in [0.5, 0.6) is 0 Å². The molecule has 0 saturated heterocycles. The van der Waals surface area contributed by atoms with Crippen molar-refractivity contribution in [1.29, 1.82) is 0 Å². The van der Waals surface area contributed by atoms with Crippen molar-refractivity contribution < 1.29 is 18.4 Å². The molecule has 0 radical (unpaired) electrons. The molecule has 0 fully saturated rings. The van der Waals surface area contributed by atoms with Gasteiger partial charge in [0.05, 0.1) is 20.8 Å². The zero-order valence-corrected chi connectivity index (χ0v) is 18.6. The maximum atomic E-state index is 12.2. The van der Waals surface area contributed by atoms with Crippen LogP contribution in [0.2, 0.25) is 5.02 Å². The number of halogens is 1. The lowest BCUT2D eigenvalue weighted by atomic mass is 10.1. The summed E-state index contributed by atoms with van der Waals surface area (Å²) in [5, 5.41) is 4.46. The van der Waals surface area contributed by atoms with Gasteiger partial charge in [-0.1, -0.05) is 47.2 Å². The summed E-state index contributed by atoms with van der Waals surface area (Å²) in [4.78, 5) is 32.8. The number of urea groups is 1. The van der Waals surface area contributed by atoms with Crippen molar-refractivity contribution in [2.75, 3.05) is 5.32 Å². The van der Waals surface area contributed by atoms with Gasteiger partial charge in [0.1, 0.15) is 5.25 Å². The van der Waals surface area contributed by atoms with Crippen LogP contribution in [0.15, 0.2) is 67.0 Å². The topological polar surface area (TPSA) is 121 Å². The molecule has 2 aromatic carbocycles. The second-order valence-electron chi connectivity index (χ2n) is 6.58. The highest BCUT2D eigenvalue weighted by atomic mass is 35.5. The summed E-state index contributed by atoms with van der Waals surface area (Å²) in [6, 6.07) is 14.2. The molecule has 0 spiro atoms. The fourth-order valence-corrected chi connectivity index (χ4v) is 4.94. The van der Waals surface area contributed by atoms with Gasteiger partial charge in [0.15, 0.2) is 16.2 Å². The van der Waals surface area contributed by atoms with Crippen LogP contribution in [0.3, 0.4) is 0 Å². The number of carbonyl (C=O) groups is 2. The van der Waals surface area contributed by atoms with Crippen molar-refractivity contribution >= 4 is 61.3 Å². The standard InChI is InChI=1S/C21H15ClN4O4S2/c22-15-6-2-1-5-14(15)19(27)25-20(28)26-21-24-16-8-7-12(10-17(16)31-21)18(32(29)30)13-4-3-9-23-11-13/h1-11,18H,(H,29,30)(H2,24,25,26,27,28). The van der Waals surface area contributed by atoms with Crippen LogP contribution in [-0.2, 0) is 11.1 Å². The Labute approximate surface area is 194 Å². The Hall–Kier alpha value is -3.18. The number of fused-ring (bicyclic) bond motifs is 1. The molecule has 4 rings (SSSR count). The molecular formula is C21H15ClN4O4S2. The molecule has 3 amide bonds. The molecule has 3 N–H and O–H groups in total. The first-order valence-corrected chi connectivity index (χ1v) is 11.6. The molecule has 0 aliphatic rings. The Morgan fingerprint density at radius 2 is 1.91 bits per heavy atom. The maximum Gasteiger partial charge on any atom is 0.327 e. The van der Waals surface area contributed by atoms with Crippen molar-refractivity contribution in [3.05, 3.63) is 88.7 Å². The quantitative estimate of drug-likeness (QED) is 0.354. The van der Waals surface area contributed by atoms with Crippen LogP contribution in [0.4, 0.5) is 9.93 Å². The predicted octanol–water partition coefficient (Wildman–Crippen LogP) is 4.62. The second-order valence-corrected chi connectivity index (χ2v) is 9.04. The van der Waals surface area contributed by atoms with Crippen LogP contribution in [0.1, 0.15) is 26.7 Å². The van der Waals surface area contributed by atoms with E-state index in [0.717, 1.165) is 0 Å². The summed E-state index contributed by atoms with van der Waals surface area (Å²) >= 11 is 4.99. The number of benzene rings is 2. The monoisotopic (exact) mass is 486 g/mol. The van der Waals surface area contributed by atoms with Crippen LogP contribution in [0.25, 0.3) is 10.2 Å². The van der Waals surface area contributed by atoms with E-state index in [1.165, 1.54) is 17.4 Å². The number of hydrogen-bond donors (Lipinski definition) is 3. The van der Waals surface area contributed by atoms with Gasteiger partial charge < -0.3 is 4.55 Å². The summed E-state index contributed by atoms with van der Waals surface area (Å²) in [5.41, 5.74) is 1.99. The van der Waals surface area contributed by atoms with E-state index in [1.807, 2.05) is 0 Å². The summed E-state index contributed by atoms with van der Waals surface area (Å²) in [6.45, 7) is 0. The van der Waals surface area contributed by atoms with Crippen molar-refractivity contribution in [3.63, 3.8) is 0 Å². The number of anilines is 1. The number of thiazole rings is 1. The SMILES string of the molecule is O=C(NC(=O)c1ccccc1Cl)Nc1nc2ccc(C(c3cccnc3)S(=O)O)cc2s1. The maximum absolute atomic E-state index is 12.2. The molecule has 32 heavy (non-hydrogen) atoms. The third-order valence-electron chi connectivity index (χ3n) is 4.47. The fourth-order valence-electron chi connectivity index (χ4n) is 3.06. The highest BCUT2D eigenvalue weighted by molar-refractivity contribution is 7.79. The Bertz CT molecular complexity index is 1330. The van der Waals surface area contributed by atoms with Gasteiger partial charge in [0, 0.05) is 12.4 Å². The lowest BCUT2D eigenvalue weighted by Crippen LogP contribution is -2.34. The van der Waals surface area contributed by atoms with Gasteiger partial charge in [-0.05, 0) is 41.5 Å². The zero-order chi connectivity index (χ0) is 22.7. The highest BCUT2D eigenvalue weighted by Crippen LogP contribution is 2.32. The van der Waals surface area contributed by atoms with Crippen molar-refractivity contribution in [2.24, 2.45) is 0 Å². The van der Waals surface area contributed by atoms with Crippen molar-refractivity contribution in [1.82, 2.24) is 15.3 Å². The van der Waals surface area contributed by atoms with Gasteiger partial charge in [-0.2, -0.15) is 0 Å². The first-order chi connectivity index (χ1) is 15.4. The molecule has 11 heteroatoms. The molecule has 2 aromatic heterocycles. The third kappa shape index (κ3) is 4.83. The zero-order valence-electron chi connectivity index (χ0n) is 16.2. The van der Waals surface area contributed by atoms with Crippen LogP contribution < -0.4 is 10.6 Å². The Morgan fingerprint density at radius 3 is 2.62 bits per heavy atom. The fraction of sp³-hybridized carbons (Fsp3) is 0.0476. The van der Waals surface area contributed by atoms with E-state index in [4.69, 9.17) is 11.6 Å². The molecule has 0 saturated carbocycles. The number of imide groups is 1. The van der Waals surface area contributed by atoms with Crippen LogP contribution in [-0.4, -0.2) is 30.7 Å². The van der Waals surface area contributed by atoms with E-state index in [1.54, 1.807) is 60.9 Å². The summed E-state index contributed by atoms with van der Waals surface area (Å²) < 4.78 is 22.5. The Balaban J connectivity index is 1.53. The first-order valence-electron chi connectivity index (χ1n) is 9.19. The van der Waals surface area contributed by atoms with Crippen LogP contribution >= 0.6 is 22.9 Å². The summed E-state index contributed by atoms with van der Waals surface area (Å²) in [7, 11) is 0. The predicted molar refractivity (Wildman–Crippen MR) is 124 cm³/mol. The smallest absolute Gasteiger partial charge is 0.305 e. The number of hydrogen-bond acceptors (Lipinski definition) is 6. The molecule has 2 heterocycles. The molecule has 0 bridgehead atoms. The van der Waals surface area contributed by atoms with E-state index in [9.17, 15) is 18.4 Å². The van der Waals surface area contributed by atoms with Gasteiger partial charge >= 0.3 is 6.03 Å². The Morgan fingerprint density at radius 1 is 1.09 bits per heavy atom. The minimum absolute atomic E-state index is 0.178. The summed E-state index contributed by atoms with van der Waals surface area (Å²) in [6.07, 6.45) is 3.13. The van der Waals surface area contributed by atoms with Gasteiger partial charge in [-0.25, -0.2) is 14.0 Å². The Kier molecular flexibility index (Phi) is 6.56. The molecule has 8 nitrogen and oxygen atoms in total. The van der Waals surface area contributed by atoms with E-state index < -0.39 is 28.3 Å². The lowest BCUT2D eigenvalue weighted by Gasteiger charge is -2.13. The van der Waals surface area contributed by atoms with E-state index in [-0.39, 0.29) is 15.7 Å². The van der Waals surface area contributed by atoms with Gasteiger partial charge in [0.2, 0.25) is 0 Å². The third-order valence-corrected chi connectivity index (χ3v) is 6.68. The van der Waals surface area contributed by atoms with Crippen molar-refractivity contribution in [2.45, 2.75) is 5.25 Å². The number of nitrogens with zero attached hydrogens (tertiary/aromatic N) is 2. The number of aromatic nitrogens is 2.